The first-order valence-electron chi connectivity index (χ1n) is 5.72. The monoisotopic (exact) mass is 258 g/mol. The molecular weight excluding hydrogens is 240 g/mol. The Bertz CT molecular complexity index is 385. The molecule has 96 valence electrons. The molecule has 1 amide bonds. The molecule has 1 aliphatic rings. The summed E-state index contributed by atoms with van der Waals surface area (Å²) in [5.41, 5.74) is 0.911. The molecule has 2 heterocycles. The molecule has 1 saturated heterocycles. The van der Waals surface area contributed by atoms with Crippen molar-refractivity contribution in [1.82, 2.24) is 15.1 Å². The topological polar surface area (TPSA) is 59.0 Å². The minimum Gasteiger partial charge on any atom is -0.310 e. The van der Waals surface area contributed by atoms with Gasteiger partial charge in [-0.05, 0) is 26.3 Å². The van der Waals surface area contributed by atoms with Crippen LogP contribution >= 0.6 is 12.4 Å². The first kappa shape index (κ1) is 14.0. The number of aryl methyl sites for hydroxylation is 2. The fourth-order valence-corrected chi connectivity index (χ4v) is 2.02. The fourth-order valence-electron chi connectivity index (χ4n) is 2.02. The number of piperidine rings is 1. The molecule has 2 N–H and O–H groups in total. The van der Waals surface area contributed by atoms with E-state index in [0.717, 1.165) is 37.3 Å². The van der Waals surface area contributed by atoms with Gasteiger partial charge in [0.2, 0.25) is 5.91 Å². The number of hydrogen-bond donors (Lipinski definition) is 2. The molecule has 1 aromatic rings. The van der Waals surface area contributed by atoms with Gasteiger partial charge in [0, 0.05) is 13.1 Å². The Balaban J connectivity index is 0.00000144. The Hall–Kier alpha value is -1.07. The number of rotatable bonds is 2. The Kier molecular flexibility index (Phi) is 4.96. The van der Waals surface area contributed by atoms with Crippen molar-refractivity contribution in [3.8, 4) is 0 Å². The lowest BCUT2D eigenvalue weighted by Crippen LogP contribution is -2.43. The van der Waals surface area contributed by atoms with Crippen LogP contribution in [0.4, 0.5) is 5.82 Å². The molecule has 0 aromatic carbocycles. The van der Waals surface area contributed by atoms with E-state index in [1.165, 1.54) is 0 Å². The Labute approximate surface area is 107 Å². The summed E-state index contributed by atoms with van der Waals surface area (Å²) in [5.74, 6) is 0.803. The molecular formula is C11H19ClN4O. The summed E-state index contributed by atoms with van der Waals surface area (Å²) in [4.78, 5) is 11.9. The molecule has 0 aliphatic carbocycles. The molecule has 0 saturated carbocycles. The normalized spacial score (nSPS) is 19.5. The number of nitrogens with one attached hydrogen (secondary N) is 2. The lowest BCUT2D eigenvalue weighted by atomic mass is 10.0. The van der Waals surface area contributed by atoms with E-state index in [0.29, 0.717) is 0 Å². The maximum absolute atomic E-state index is 11.9. The minimum atomic E-state index is -0.0519. The van der Waals surface area contributed by atoms with E-state index in [9.17, 15) is 4.79 Å². The first-order chi connectivity index (χ1) is 7.66. The standard InChI is InChI=1S/C11H18N4O.ClH/c1-8-7-10(15(2)14-8)13-11(16)9-5-3-4-6-12-9;/h7,9,12H,3-6H2,1-2H3,(H,13,16);1H/t9-;/m0./s1. The predicted molar refractivity (Wildman–Crippen MR) is 69.5 cm³/mol. The van der Waals surface area contributed by atoms with E-state index in [2.05, 4.69) is 15.7 Å². The van der Waals surface area contributed by atoms with Crippen molar-refractivity contribution in [2.75, 3.05) is 11.9 Å². The number of carbonyl (C=O) groups is 1. The van der Waals surface area contributed by atoms with Crippen LogP contribution in [0.1, 0.15) is 25.0 Å². The van der Waals surface area contributed by atoms with E-state index in [1.807, 2.05) is 20.0 Å². The minimum absolute atomic E-state index is 0. The number of aromatic nitrogens is 2. The molecule has 0 bridgehead atoms. The molecule has 0 spiro atoms. The Morgan fingerprint density at radius 1 is 1.59 bits per heavy atom. The number of carbonyl (C=O) groups excluding carboxylic acids is 1. The highest BCUT2D eigenvalue weighted by Crippen LogP contribution is 2.12. The van der Waals surface area contributed by atoms with Gasteiger partial charge < -0.3 is 10.6 Å². The Morgan fingerprint density at radius 2 is 2.35 bits per heavy atom. The summed E-state index contributed by atoms with van der Waals surface area (Å²) >= 11 is 0. The predicted octanol–water partition coefficient (Wildman–Crippen LogP) is 1.23. The molecule has 1 aliphatic heterocycles. The third-order valence-corrected chi connectivity index (χ3v) is 2.88. The van der Waals surface area contributed by atoms with Crippen LogP contribution in [0.3, 0.4) is 0 Å². The van der Waals surface area contributed by atoms with Crippen molar-refractivity contribution in [3.63, 3.8) is 0 Å². The molecule has 0 radical (unpaired) electrons. The zero-order valence-corrected chi connectivity index (χ0v) is 11.0. The molecule has 0 unspecified atom stereocenters. The SMILES string of the molecule is Cc1cc(NC(=O)[C@@H]2CCCCN2)n(C)n1.Cl. The largest absolute Gasteiger partial charge is 0.310 e. The van der Waals surface area contributed by atoms with Gasteiger partial charge in [-0.1, -0.05) is 6.42 Å². The van der Waals surface area contributed by atoms with Crippen LogP contribution in [0, 0.1) is 6.92 Å². The highest BCUT2D eigenvalue weighted by Gasteiger charge is 2.21. The highest BCUT2D eigenvalue weighted by atomic mass is 35.5. The number of nitrogens with zero attached hydrogens (tertiary/aromatic N) is 2. The van der Waals surface area contributed by atoms with Crippen molar-refractivity contribution >= 4 is 24.1 Å². The van der Waals surface area contributed by atoms with Crippen LogP contribution < -0.4 is 10.6 Å². The summed E-state index contributed by atoms with van der Waals surface area (Å²) in [6.07, 6.45) is 3.20. The average Bonchev–Trinajstić information content (AvgIpc) is 2.59. The van der Waals surface area contributed by atoms with Crippen LogP contribution in [-0.4, -0.2) is 28.3 Å². The lowest BCUT2D eigenvalue weighted by molar-refractivity contribution is -0.118. The molecule has 1 aromatic heterocycles. The number of hydrogen-bond acceptors (Lipinski definition) is 3. The average molecular weight is 259 g/mol. The molecule has 6 heteroatoms. The van der Waals surface area contributed by atoms with E-state index in [4.69, 9.17) is 0 Å². The van der Waals surface area contributed by atoms with Gasteiger partial charge in [0.1, 0.15) is 5.82 Å². The van der Waals surface area contributed by atoms with E-state index in [-0.39, 0.29) is 24.4 Å². The van der Waals surface area contributed by atoms with E-state index < -0.39 is 0 Å². The Morgan fingerprint density at radius 3 is 2.88 bits per heavy atom. The second-order valence-corrected chi connectivity index (χ2v) is 4.29. The summed E-state index contributed by atoms with van der Waals surface area (Å²) in [5, 5.41) is 10.3. The van der Waals surface area contributed by atoms with Gasteiger partial charge in [0.05, 0.1) is 11.7 Å². The van der Waals surface area contributed by atoms with Crippen molar-refractivity contribution < 1.29 is 4.79 Å². The maximum Gasteiger partial charge on any atom is 0.242 e. The molecule has 5 nitrogen and oxygen atoms in total. The fraction of sp³-hybridized carbons (Fsp3) is 0.636. The summed E-state index contributed by atoms with van der Waals surface area (Å²) < 4.78 is 1.69. The van der Waals surface area contributed by atoms with Crippen LogP contribution in [0.5, 0.6) is 0 Å². The van der Waals surface area contributed by atoms with Gasteiger partial charge in [-0.2, -0.15) is 5.10 Å². The zero-order valence-electron chi connectivity index (χ0n) is 10.2. The van der Waals surface area contributed by atoms with Gasteiger partial charge in [-0.25, -0.2) is 0 Å². The quantitative estimate of drug-likeness (QED) is 0.839. The summed E-state index contributed by atoms with van der Waals surface area (Å²) in [7, 11) is 1.83. The van der Waals surface area contributed by atoms with Gasteiger partial charge >= 0.3 is 0 Å². The van der Waals surface area contributed by atoms with Gasteiger partial charge in [-0.15, -0.1) is 12.4 Å². The van der Waals surface area contributed by atoms with E-state index >= 15 is 0 Å². The smallest absolute Gasteiger partial charge is 0.242 e. The number of amides is 1. The molecule has 1 atom stereocenters. The van der Waals surface area contributed by atoms with Gasteiger partial charge in [0.15, 0.2) is 0 Å². The van der Waals surface area contributed by atoms with Crippen molar-refractivity contribution in [1.29, 1.82) is 0 Å². The third kappa shape index (κ3) is 3.44. The van der Waals surface area contributed by atoms with Crippen LogP contribution in [0.2, 0.25) is 0 Å². The van der Waals surface area contributed by atoms with E-state index in [1.54, 1.807) is 4.68 Å². The van der Waals surface area contributed by atoms with Crippen molar-refractivity contribution in [2.24, 2.45) is 7.05 Å². The van der Waals surface area contributed by atoms with Gasteiger partial charge in [0.25, 0.3) is 0 Å². The second kappa shape index (κ2) is 6.02. The number of anilines is 1. The molecule has 1 fully saturated rings. The number of halogens is 1. The lowest BCUT2D eigenvalue weighted by Gasteiger charge is -2.22. The third-order valence-electron chi connectivity index (χ3n) is 2.88. The van der Waals surface area contributed by atoms with Crippen LogP contribution in [0.25, 0.3) is 0 Å². The summed E-state index contributed by atoms with van der Waals surface area (Å²) in [6, 6.07) is 1.82. The first-order valence-corrected chi connectivity index (χ1v) is 5.72. The molecule has 2 rings (SSSR count). The zero-order chi connectivity index (χ0) is 11.5. The van der Waals surface area contributed by atoms with Crippen molar-refractivity contribution in [3.05, 3.63) is 11.8 Å². The molecule has 17 heavy (non-hydrogen) atoms. The van der Waals surface area contributed by atoms with Crippen molar-refractivity contribution in [2.45, 2.75) is 32.2 Å². The highest BCUT2D eigenvalue weighted by molar-refractivity contribution is 5.94. The van der Waals surface area contributed by atoms with Gasteiger partial charge in [-0.3, -0.25) is 9.48 Å². The van der Waals surface area contributed by atoms with Crippen LogP contribution in [0.15, 0.2) is 6.07 Å². The summed E-state index contributed by atoms with van der Waals surface area (Å²) in [6.45, 7) is 2.84. The van der Waals surface area contributed by atoms with Crippen LogP contribution in [-0.2, 0) is 11.8 Å². The maximum atomic E-state index is 11.9. The second-order valence-electron chi connectivity index (χ2n) is 4.29.